The van der Waals surface area contributed by atoms with Gasteiger partial charge in [0.25, 0.3) is 5.91 Å². The van der Waals surface area contributed by atoms with Crippen LogP contribution in [0.2, 0.25) is 0 Å². The third kappa shape index (κ3) is 2.87. The number of amides is 1. The number of halogens is 3. The van der Waals surface area contributed by atoms with Crippen LogP contribution in [-0.4, -0.2) is 51.1 Å². The van der Waals surface area contributed by atoms with Gasteiger partial charge in [0.05, 0.1) is 11.8 Å². The van der Waals surface area contributed by atoms with E-state index in [1.807, 2.05) is 0 Å². The second kappa shape index (κ2) is 5.31. The van der Waals surface area contributed by atoms with Gasteiger partial charge < -0.3 is 20.1 Å². The van der Waals surface area contributed by atoms with Crippen molar-refractivity contribution in [1.29, 1.82) is 0 Å². The SMILES string of the molecule is O=C(O)[C@@H]1CN(C(=O)c2ccc([N+](=O)[O-])[nH]2)C[C@H]1C(F)(F)F. The quantitative estimate of drug-likeness (QED) is 0.642. The lowest BCUT2D eigenvalue weighted by atomic mass is 9.96. The van der Waals surface area contributed by atoms with E-state index in [1.54, 1.807) is 0 Å². The Morgan fingerprint density at radius 1 is 1.36 bits per heavy atom. The highest BCUT2D eigenvalue weighted by molar-refractivity contribution is 5.93. The average Bonchev–Trinajstić information content (AvgIpc) is 3.04. The average molecular weight is 321 g/mol. The molecule has 2 rings (SSSR count). The smallest absolute Gasteiger partial charge is 0.394 e. The zero-order valence-corrected chi connectivity index (χ0v) is 10.8. The number of rotatable bonds is 3. The molecule has 0 radical (unpaired) electrons. The zero-order chi connectivity index (χ0) is 16.7. The van der Waals surface area contributed by atoms with Crippen LogP contribution in [0.3, 0.4) is 0 Å². The Bertz CT molecular complexity index is 627. The van der Waals surface area contributed by atoms with Crippen molar-refractivity contribution in [3.63, 3.8) is 0 Å². The summed E-state index contributed by atoms with van der Waals surface area (Å²) in [6.45, 7) is -1.41. The lowest BCUT2D eigenvalue weighted by Gasteiger charge is -2.17. The van der Waals surface area contributed by atoms with E-state index < -0.39 is 53.7 Å². The van der Waals surface area contributed by atoms with Crippen LogP contribution >= 0.6 is 0 Å². The van der Waals surface area contributed by atoms with Gasteiger partial charge in [-0.05, 0) is 11.0 Å². The van der Waals surface area contributed by atoms with Crippen molar-refractivity contribution in [2.24, 2.45) is 11.8 Å². The monoisotopic (exact) mass is 321 g/mol. The predicted molar refractivity (Wildman–Crippen MR) is 64.0 cm³/mol. The number of aromatic nitrogens is 1. The van der Waals surface area contributed by atoms with Crippen molar-refractivity contribution in [2.45, 2.75) is 6.18 Å². The summed E-state index contributed by atoms with van der Waals surface area (Å²) >= 11 is 0. The lowest BCUT2D eigenvalue weighted by Crippen LogP contribution is -2.34. The number of nitro groups is 1. The van der Waals surface area contributed by atoms with E-state index in [0.717, 1.165) is 17.0 Å². The molecule has 0 aromatic carbocycles. The van der Waals surface area contributed by atoms with E-state index in [0.29, 0.717) is 0 Å². The molecule has 2 heterocycles. The summed E-state index contributed by atoms with van der Waals surface area (Å²) in [5.74, 6) is -6.96. The van der Waals surface area contributed by atoms with Crippen molar-refractivity contribution in [1.82, 2.24) is 9.88 Å². The Morgan fingerprint density at radius 2 is 2.00 bits per heavy atom. The fourth-order valence-corrected chi connectivity index (χ4v) is 2.34. The largest absolute Gasteiger partial charge is 0.481 e. The van der Waals surface area contributed by atoms with E-state index in [-0.39, 0.29) is 5.69 Å². The first-order valence-electron chi connectivity index (χ1n) is 6.03. The van der Waals surface area contributed by atoms with Gasteiger partial charge in [-0.15, -0.1) is 0 Å². The van der Waals surface area contributed by atoms with Crippen molar-refractivity contribution < 1.29 is 32.8 Å². The molecule has 0 bridgehead atoms. The molecule has 2 N–H and O–H groups in total. The minimum absolute atomic E-state index is 0.265. The molecule has 0 aliphatic carbocycles. The van der Waals surface area contributed by atoms with E-state index in [1.165, 1.54) is 0 Å². The molecule has 0 saturated carbocycles. The highest BCUT2D eigenvalue weighted by Gasteiger charge is 2.53. The van der Waals surface area contributed by atoms with Gasteiger partial charge >= 0.3 is 18.0 Å². The number of nitrogens with zero attached hydrogens (tertiary/aromatic N) is 2. The van der Waals surface area contributed by atoms with E-state index in [9.17, 15) is 32.9 Å². The predicted octanol–water partition coefficient (Wildman–Crippen LogP) is 1.26. The van der Waals surface area contributed by atoms with Gasteiger partial charge in [0.15, 0.2) is 5.69 Å². The standard InChI is InChI=1S/C11H10F3N3O5/c12-11(13,14)6-4-16(3-5(6)10(19)20)9(18)7-1-2-8(15-7)17(21)22/h1-2,5-6,15H,3-4H2,(H,19,20)/t5-,6-/m1/s1. The topological polar surface area (TPSA) is 117 Å². The van der Waals surface area contributed by atoms with Crippen molar-refractivity contribution in [3.05, 3.63) is 27.9 Å². The van der Waals surface area contributed by atoms with Gasteiger partial charge in [-0.25, -0.2) is 4.98 Å². The minimum Gasteiger partial charge on any atom is -0.481 e. The molecule has 1 aliphatic rings. The number of carbonyl (C=O) groups is 2. The molecule has 1 saturated heterocycles. The molecule has 0 spiro atoms. The summed E-state index contributed by atoms with van der Waals surface area (Å²) < 4.78 is 38.5. The number of alkyl halides is 3. The Morgan fingerprint density at radius 3 is 2.41 bits per heavy atom. The van der Waals surface area contributed by atoms with Crippen LogP contribution in [0.1, 0.15) is 10.5 Å². The molecule has 120 valence electrons. The molecule has 1 aromatic rings. The summed E-state index contributed by atoms with van der Waals surface area (Å²) in [7, 11) is 0. The van der Waals surface area contributed by atoms with Gasteiger partial charge in [-0.2, -0.15) is 13.2 Å². The van der Waals surface area contributed by atoms with Gasteiger partial charge in [-0.1, -0.05) is 0 Å². The third-order valence-electron chi connectivity index (χ3n) is 3.44. The van der Waals surface area contributed by atoms with Crippen LogP contribution in [0, 0.1) is 22.0 Å². The molecular weight excluding hydrogens is 311 g/mol. The van der Waals surface area contributed by atoms with Crippen LogP contribution in [0.4, 0.5) is 19.0 Å². The maximum absolute atomic E-state index is 12.8. The number of carboxylic acid groups (broad SMARTS) is 1. The summed E-state index contributed by atoms with van der Waals surface area (Å²) in [4.78, 5) is 35.6. The highest BCUT2D eigenvalue weighted by atomic mass is 19.4. The molecule has 1 fully saturated rings. The van der Waals surface area contributed by atoms with Crippen molar-refractivity contribution >= 4 is 17.7 Å². The van der Waals surface area contributed by atoms with Crippen molar-refractivity contribution in [3.8, 4) is 0 Å². The Kier molecular flexibility index (Phi) is 3.81. The molecule has 11 heteroatoms. The molecule has 1 aromatic heterocycles. The molecule has 1 amide bonds. The molecule has 8 nitrogen and oxygen atoms in total. The Balaban J connectivity index is 2.20. The highest BCUT2D eigenvalue weighted by Crippen LogP contribution is 2.38. The lowest BCUT2D eigenvalue weighted by molar-refractivity contribution is -0.389. The second-order valence-electron chi connectivity index (χ2n) is 4.82. The minimum atomic E-state index is -4.75. The van der Waals surface area contributed by atoms with Crippen LogP contribution in [0.5, 0.6) is 0 Å². The maximum atomic E-state index is 12.8. The Hall–Kier alpha value is -2.59. The number of carboxylic acids is 1. The number of likely N-dealkylation sites (tertiary alicyclic amines) is 1. The molecule has 1 aliphatic heterocycles. The number of aromatic amines is 1. The normalized spacial score (nSPS) is 21.9. The first-order chi connectivity index (χ1) is 10.1. The number of hydrogen-bond acceptors (Lipinski definition) is 4. The van der Waals surface area contributed by atoms with Crippen LogP contribution in [0.25, 0.3) is 0 Å². The van der Waals surface area contributed by atoms with E-state index in [2.05, 4.69) is 4.98 Å². The van der Waals surface area contributed by atoms with Gasteiger partial charge in [0.2, 0.25) is 0 Å². The fraction of sp³-hybridized carbons (Fsp3) is 0.455. The van der Waals surface area contributed by atoms with Gasteiger partial charge in [0.1, 0.15) is 0 Å². The fourth-order valence-electron chi connectivity index (χ4n) is 2.34. The summed E-state index contributed by atoms with van der Waals surface area (Å²) in [5.41, 5.74) is -0.265. The zero-order valence-electron chi connectivity index (χ0n) is 10.8. The number of hydrogen-bond donors (Lipinski definition) is 2. The summed E-state index contributed by atoms with van der Waals surface area (Å²) in [6.07, 6.45) is -4.75. The molecule has 0 unspecified atom stereocenters. The first-order valence-corrected chi connectivity index (χ1v) is 6.03. The maximum Gasteiger partial charge on any atom is 0.394 e. The summed E-state index contributed by atoms with van der Waals surface area (Å²) in [5, 5.41) is 19.4. The number of nitrogens with one attached hydrogen (secondary N) is 1. The van der Waals surface area contributed by atoms with E-state index >= 15 is 0 Å². The Labute approximate surface area is 120 Å². The van der Waals surface area contributed by atoms with Gasteiger partial charge in [-0.3, -0.25) is 9.59 Å². The van der Waals surface area contributed by atoms with Crippen molar-refractivity contribution in [2.75, 3.05) is 13.1 Å². The van der Waals surface area contributed by atoms with Crippen LogP contribution in [0.15, 0.2) is 12.1 Å². The van der Waals surface area contributed by atoms with Crippen LogP contribution in [-0.2, 0) is 4.79 Å². The summed E-state index contributed by atoms with van der Waals surface area (Å²) in [6, 6.07) is 2.07. The second-order valence-corrected chi connectivity index (χ2v) is 4.82. The first kappa shape index (κ1) is 15.8. The van der Waals surface area contributed by atoms with Crippen LogP contribution < -0.4 is 0 Å². The molecule has 22 heavy (non-hydrogen) atoms. The van der Waals surface area contributed by atoms with Gasteiger partial charge in [0, 0.05) is 19.2 Å². The number of H-pyrrole nitrogens is 1. The number of aliphatic carboxylic acids is 1. The number of carbonyl (C=O) groups excluding carboxylic acids is 1. The molecule has 2 atom stereocenters. The molecular formula is C11H10F3N3O5. The van der Waals surface area contributed by atoms with E-state index in [4.69, 9.17) is 5.11 Å². The third-order valence-corrected chi connectivity index (χ3v) is 3.44.